The van der Waals surface area contributed by atoms with Gasteiger partial charge in [-0.1, -0.05) is 19.1 Å². The molecule has 1 heterocycles. The Hall–Kier alpha value is -3.15. The minimum absolute atomic E-state index is 0.204. The van der Waals surface area contributed by atoms with Gasteiger partial charge in [-0.3, -0.25) is 9.59 Å². The lowest BCUT2D eigenvalue weighted by Crippen LogP contribution is -2.51. The van der Waals surface area contributed by atoms with Crippen molar-refractivity contribution in [2.45, 2.75) is 62.6 Å². The lowest BCUT2D eigenvalue weighted by Gasteiger charge is -2.28. The molecule has 1 aliphatic carbocycles. The zero-order valence-corrected chi connectivity index (χ0v) is 26.8. The molecule has 1 unspecified atom stereocenters. The first kappa shape index (κ1) is 31.8. The maximum absolute atomic E-state index is 13.8. The minimum Gasteiger partial charge on any atom is -0.497 e. The second kappa shape index (κ2) is 12.6. The van der Waals surface area contributed by atoms with E-state index in [1.54, 1.807) is 38.1 Å². The van der Waals surface area contributed by atoms with Crippen molar-refractivity contribution in [3.8, 4) is 5.75 Å². The molecule has 230 valence electrons. The van der Waals surface area contributed by atoms with Gasteiger partial charge in [0.15, 0.2) is 0 Å². The predicted octanol–water partition coefficient (Wildman–Crippen LogP) is 2.63. The fourth-order valence-corrected chi connectivity index (χ4v) is 7.76. The van der Waals surface area contributed by atoms with E-state index in [2.05, 4.69) is 41.3 Å². The third-order valence-electron chi connectivity index (χ3n) is 8.75. The standard InChI is InChI=1S/C31H45N5O5S/c1-8-24-18-27(41-7)17-22(2)29(24)42(39,40)35(6)31(14-15-31)30(38)32-19-28(37)34(5)20-23-9-11-25(12-10-23)36-16-13-26(21-36)33(3)4/h9-12,17-18,26H,8,13-16,19-21H2,1-7H3,(H,32,38). The molecule has 0 aromatic heterocycles. The Kier molecular flexibility index (Phi) is 9.54. The van der Waals surface area contributed by atoms with E-state index < -0.39 is 21.5 Å². The third kappa shape index (κ3) is 6.43. The van der Waals surface area contributed by atoms with Crippen LogP contribution >= 0.6 is 0 Å². The summed E-state index contributed by atoms with van der Waals surface area (Å²) in [5.74, 6) is -0.111. The fraction of sp³-hybridized carbons (Fsp3) is 0.548. The van der Waals surface area contributed by atoms with Crippen LogP contribution in [0.15, 0.2) is 41.3 Å². The lowest BCUT2D eigenvalue weighted by molar-refractivity contribution is -0.133. The number of likely N-dealkylation sites (N-methyl/N-ethyl adjacent to an activating group) is 3. The van der Waals surface area contributed by atoms with Crippen molar-refractivity contribution in [3.63, 3.8) is 0 Å². The summed E-state index contributed by atoms with van der Waals surface area (Å²) in [5, 5.41) is 2.71. The first-order chi connectivity index (χ1) is 19.8. The Morgan fingerprint density at radius 3 is 2.31 bits per heavy atom. The first-order valence-corrected chi connectivity index (χ1v) is 16.0. The van der Waals surface area contributed by atoms with Crippen LogP contribution in [0, 0.1) is 6.92 Å². The number of methoxy groups -OCH3 is 1. The van der Waals surface area contributed by atoms with E-state index in [9.17, 15) is 18.0 Å². The van der Waals surface area contributed by atoms with Crippen molar-refractivity contribution in [2.75, 3.05) is 59.8 Å². The quantitative estimate of drug-likeness (QED) is 0.400. The molecule has 2 fully saturated rings. The summed E-state index contributed by atoms with van der Waals surface area (Å²) in [4.78, 5) is 32.6. The number of nitrogens with zero attached hydrogens (tertiary/aromatic N) is 4. The van der Waals surface area contributed by atoms with Crippen molar-refractivity contribution in [3.05, 3.63) is 53.1 Å². The first-order valence-electron chi connectivity index (χ1n) is 14.5. The summed E-state index contributed by atoms with van der Waals surface area (Å²) in [6.07, 6.45) is 2.43. The van der Waals surface area contributed by atoms with Gasteiger partial charge in [0.25, 0.3) is 0 Å². The van der Waals surface area contributed by atoms with Crippen molar-refractivity contribution in [2.24, 2.45) is 0 Å². The number of hydrogen-bond donors (Lipinski definition) is 1. The van der Waals surface area contributed by atoms with Gasteiger partial charge >= 0.3 is 0 Å². The molecule has 1 saturated carbocycles. The Bertz CT molecular complexity index is 1410. The summed E-state index contributed by atoms with van der Waals surface area (Å²) in [6, 6.07) is 12.2. The number of nitrogens with one attached hydrogen (secondary N) is 1. The molecule has 4 rings (SSSR count). The van der Waals surface area contributed by atoms with E-state index >= 15 is 0 Å². The molecule has 1 aliphatic heterocycles. The highest BCUT2D eigenvalue weighted by molar-refractivity contribution is 7.89. The molecule has 10 nitrogen and oxygen atoms in total. The average Bonchev–Trinajstić information content (AvgIpc) is 3.63. The summed E-state index contributed by atoms with van der Waals surface area (Å²) < 4.78 is 34.0. The second-order valence-corrected chi connectivity index (χ2v) is 13.6. The molecule has 1 N–H and O–H groups in total. The van der Waals surface area contributed by atoms with Crippen LogP contribution in [0.1, 0.15) is 42.9 Å². The van der Waals surface area contributed by atoms with Crippen LogP contribution in [0.5, 0.6) is 5.75 Å². The van der Waals surface area contributed by atoms with E-state index in [4.69, 9.17) is 4.74 Å². The van der Waals surface area contributed by atoms with Crippen LogP contribution in [-0.4, -0.2) is 101 Å². The highest BCUT2D eigenvalue weighted by Crippen LogP contribution is 2.45. The summed E-state index contributed by atoms with van der Waals surface area (Å²) in [7, 11) is 4.95. The SMILES string of the molecule is CCc1cc(OC)cc(C)c1S(=O)(=O)N(C)C1(C(=O)NCC(=O)N(C)Cc2ccc(N3CCC(N(C)C)C3)cc2)CC1. The van der Waals surface area contributed by atoms with Gasteiger partial charge in [0.1, 0.15) is 11.3 Å². The molecule has 42 heavy (non-hydrogen) atoms. The van der Waals surface area contributed by atoms with Crippen molar-refractivity contribution in [1.29, 1.82) is 0 Å². The van der Waals surface area contributed by atoms with E-state index in [1.165, 1.54) is 17.0 Å². The highest BCUT2D eigenvalue weighted by Gasteiger charge is 2.57. The number of carbonyl (C=O) groups is 2. The predicted molar refractivity (Wildman–Crippen MR) is 164 cm³/mol. The van der Waals surface area contributed by atoms with E-state index in [0.717, 1.165) is 25.1 Å². The molecule has 0 bridgehead atoms. The zero-order valence-electron chi connectivity index (χ0n) is 25.9. The highest BCUT2D eigenvalue weighted by atomic mass is 32.2. The molecule has 1 atom stereocenters. The maximum atomic E-state index is 13.8. The Morgan fingerprint density at radius 2 is 1.76 bits per heavy atom. The normalized spacial score (nSPS) is 17.9. The number of ether oxygens (including phenoxy) is 1. The molecular weight excluding hydrogens is 554 g/mol. The number of hydrogen-bond acceptors (Lipinski definition) is 7. The minimum atomic E-state index is -3.97. The monoisotopic (exact) mass is 599 g/mol. The molecule has 0 radical (unpaired) electrons. The lowest BCUT2D eigenvalue weighted by atomic mass is 10.1. The van der Waals surface area contributed by atoms with E-state index in [-0.39, 0.29) is 17.3 Å². The van der Waals surface area contributed by atoms with E-state index in [1.807, 2.05) is 19.1 Å². The number of sulfonamides is 1. The van der Waals surface area contributed by atoms with Crippen LogP contribution in [0.3, 0.4) is 0 Å². The van der Waals surface area contributed by atoms with Gasteiger partial charge in [-0.25, -0.2) is 8.42 Å². The van der Waals surface area contributed by atoms with Gasteiger partial charge in [0.05, 0.1) is 18.6 Å². The van der Waals surface area contributed by atoms with Crippen LogP contribution in [-0.2, 0) is 32.6 Å². The van der Waals surface area contributed by atoms with Crippen molar-refractivity contribution < 1.29 is 22.7 Å². The van der Waals surface area contributed by atoms with Crippen LogP contribution in [0.2, 0.25) is 0 Å². The van der Waals surface area contributed by atoms with Gasteiger partial charge < -0.3 is 24.8 Å². The molecule has 1 saturated heterocycles. The molecule has 2 aliphatic rings. The maximum Gasteiger partial charge on any atom is 0.244 e. The summed E-state index contributed by atoms with van der Waals surface area (Å²) in [6.45, 7) is 5.85. The van der Waals surface area contributed by atoms with Gasteiger partial charge in [-0.2, -0.15) is 4.31 Å². The average molecular weight is 600 g/mol. The zero-order chi connectivity index (χ0) is 30.8. The number of benzene rings is 2. The molecule has 2 amide bonds. The number of rotatable bonds is 12. The number of aryl methyl sites for hydroxylation is 2. The van der Waals surface area contributed by atoms with Gasteiger partial charge in [0.2, 0.25) is 21.8 Å². The molecule has 0 spiro atoms. The molecular formula is C31H45N5O5S. The van der Waals surface area contributed by atoms with Crippen LogP contribution in [0.25, 0.3) is 0 Å². The topological polar surface area (TPSA) is 102 Å². The van der Waals surface area contributed by atoms with Gasteiger partial charge in [0, 0.05) is 45.5 Å². The van der Waals surface area contributed by atoms with E-state index in [0.29, 0.717) is 48.7 Å². The Labute approximate surface area is 250 Å². The van der Waals surface area contributed by atoms with Crippen molar-refractivity contribution in [1.82, 2.24) is 19.4 Å². The fourth-order valence-electron chi connectivity index (χ4n) is 5.76. The van der Waals surface area contributed by atoms with Crippen LogP contribution in [0.4, 0.5) is 5.69 Å². The van der Waals surface area contributed by atoms with Crippen molar-refractivity contribution >= 4 is 27.5 Å². The molecule has 2 aromatic carbocycles. The third-order valence-corrected chi connectivity index (χ3v) is 10.9. The largest absolute Gasteiger partial charge is 0.497 e. The smallest absolute Gasteiger partial charge is 0.244 e. The molecule has 11 heteroatoms. The summed E-state index contributed by atoms with van der Waals surface area (Å²) >= 11 is 0. The Morgan fingerprint density at radius 1 is 1.10 bits per heavy atom. The van der Waals surface area contributed by atoms with Gasteiger partial charge in [-0.05, 0) is 87.7 Å². The number of carbonyl (C=O) groups excluding carboxylic acids is 2. The van der Waals surface area contributed by atoms with Gasteiger partial charge in [-0.15, -0.1) is 0 Å². The molecule has 2 aromatic rings. The summed E-state index contributed by atoms with van der Waals surface area (Å²) in [5.41, 5.74) is 2.17. The van der Waals surface area contributed by atoms with Crippen LogP contribution < -0.4 is 15.0 Å². The second-order valence-electron chi connectivity index (χ2n) is 11.7. The number of anilines is 1. The Balaban J connectivity index is 1.35. The number of amides is 2.